The van der Waals surface area contributed by atoms with Gasteiger partial charge in [0.2, 0.25) is 0 Å². The first-order valence-corrected chi connectivity index (χ1v) is 21.5. The van der Waals surface area contributed by atoms with Crippen LogP contribution in [0.4, 0.5) is 0 Å². The highest BCUT2D eigenvalue weighted by Crippen LogP contribution is 2.17. The summed E-state index contributed by atoms with van der Waals surface area (Å²) in [4.78, 5) is 24.3. The molecule has 48 heavy (non-hydrogen) atoms. The second kappa shape index (κ2) is 38.7. The van der Waals surface area contributed by atoms with Crippen LogP contribution in [0.15, 0.2) is 0 Å². The molecule has 0 bridgehead atoms. The third-order valence-corrected chi connectivity index (χ3v) is 9.83. The molecule has 0 radical (unpaired) electrons. The van der Waals surface area contributed by atoms with E-state index in [2.05, 4.69) is 20.8 Å². The molecule has 0 fully saturated rings. The number of aliphatic hydroxyl groups is 1. The monoisotopic (exact) mass is 681 g/mol. The van der Waals surface area contributed by atoms with Crippen molar-refractivity contribution in [3.05, 3.63) is 0 Å². The van der Waals surface area contributed by atoms with Crippen LogP contribution < -0.4 is 0 Å². The first-order valence-electron chi connectivity index (χ1n) is 21.5. The maximum atomic E-state index is 12.2. The number of carbonyl (C=O) groups excluding carboxylic acids is 2. The summed E-state index contributed by atoms with van der Waals surface area (Å²) in [5.74, 6) is 0.291. The summed E-state index contributed by atoms with van der Waals surface area (Å²) in [6, 6.07) is 0. The SMILES string of the molecule is CCCCCCCCCCCCCCCC(=O)O[C@@H](CO)COC(=O)CCCCCCCCCCCCCCCCCCCCC(C)C. The highest BCUT2D eigenvalue weighted by atomic mass is 16.6. The zero-order valence-corrected chi connectivity index (χ0v) is 32.7. The molecule has 0 spiro atoms. The van der Waals surface area contributed by atoms with Crippen LogP contribution in [0.3, 0.4) is 0 Å². The highest BCUT2D eigenvalue weighted by molar-refractivity contribution is 5.70. The van der Waals surface area contributed by atoms with E-state index in [1.165, 1.54) is 173 Å². The van der Waals surface area contributed by atoms with Crippen LogP contribution in [0.1, 0.15) is 239 Å². The number of hydrogen-bond donors (Lipinski definition) is 1. The molecular weight excluding hydrogens is 596 g/mol. The predicted octanol–water partition coefficient (Wildman–Crippen LogP) is 13.4. The lowest BCUT2D eigenvalue weighted by Crippen LogP contribution is -2.28. The van der Waals surface area contributed by atoms with Crippen molar-refractivity contribution in [1.29, 1.82) is 0 Å². The van der Waals surface area contributed by atoms with Crippen LogP contribution in [-0.4, -0.2) is 36.4 Å². The van der Waals surface area contributed by atoms with E-state index in [1.54, 1.807) is 0 Å². The van der Waals surface area contributed by atoms with Gasteiger partial charge in [-0.25, -0.2) is 0 Å². The zero-order chi connectivity index (χ0) is 35.2. The lowest BCUT2D eigenvalue weighted by atomic mass is 10.0. The smallest absolute Gasteiger partial charge is 0.306 e. The van der Waals surface area contributed by atoms with E-state index in [9.17, 15) is 14.7 Å². The fraction of sp³-hybridized carbons (Fsp3) is 0.953. The highest BCUT2D eigenvalue weighted by Gasteiger charge is 2.16. The molecule has 5 nitrogen and oxygen atoms in total. The van der Waals surface area contributed by atoms with E-state index in [1.807, 2.05) is 0 Å². The van der Waals surface area contributed by atoms with E-state index in [-0.39, 0.29) is 25.2 Å². The molecule has 0 saturated heterocycles. The molecular formula is C43H84O5. The molecule has 1 N–H and O–H groups in total. The number of carbonyl (C=O) groups is 2. The Morgan fingerprint density at radius 3 is 1.10 bits per heavy atom. The van der Waals surface area contributed by atoms with Gasteiger partial charge in [-0.1, -0.05) is 213 Å². The van der Waals surface area contributed by atoms with Crippen LogP contribution in [0.25, 0.3) is 0 Å². The van der Waals surface area contributed by atoms with Gasteiger partial charge in [-0.3, -0.25) is 9.59 Å². The summed E-state index contributed by atoms with van der Waals surface area (Å²) >= 11 is 0. The van der Waals surface area contributed by atoms with E-state index in [0.29, 0.717) is 12.8 Å². The minimum absolute atomic E-state index is 0.0572. The van der Waals surface area contributed by atoms with Crippen LogP contribution in [-0.2, 0) is 19.1 Å². The summed E-state index contributed by atoms with van der Waals surface area (Å²) in [5.41, 5.74) is 0. The summed E-state index contributed by atoms with van der Waals surface area (Å²) in [6.07, 6.45) is 41.7. The Labute approximate surface area is 299 Å². The molecule has 0 aromatic carbocycles. The molecule has 0 aliphatic carbocycles. The normalized spacial score (nSPS) is 12.1. The Hall–Kier alpha value is -1.10. The first kappa shape index (κ1) is 46.9. The fourth-order valence-electron chi connectivity index (χ4n) is 6.56. The number of hydrogen-bond acceptors (Lipinski definition) is 5. The van der Waals surface area contributed by atoms with E-state index in [0.717, 1.165) is 38.0 Å². The third-order valence-electron chi connectivity index (χ3n) is 9.83. The molecule has 1 atom stereocenters. The van der Waals surface area contributed by atoms with E-state index >= 15 is 0 Å². The van der Waals surface area contributed by atoms with E-state index in [4.69, 9.17) is 9.47 Å². The topological polar surface area (TPSA) is 72.8 Å². The van der Waals surface area contributed by atoms with Crippen molar-refractivity contribution in [1.82, 2.24) is 0 Å². The Bertz CT molecular complexity index is 664. The van der Waals surface area contributed by atoms with Crippen molar-refractivity contribution in [2.75, 3.05) is 13.2 Å². The molecule has 5 heteroatoms. The molecule has 286 valence electrons. The minimum Gasteiger partial charge on any atom is -0.462 e. The number of rotatable bonds is 39. The van der Waals surface area contributed by atoms with Gasteiger partial charge >= 0.3 is 11.9 Å². The largest absolute Gasteiger partial charge is 0.462 e. The summed E-state index contributed by atoms with van der Waals surface area (Å²) < 4.78 is 10.6. The van der Waals surface area contributed by atoms with Crippen molar-refractivity contribution in [2.45, 2.75) is 245 Å². The lowest BCUT2D eigenvalue weighted by Gasteiger charge is -2.15. The van der Waals surface area contributed by atoms with Crippen molar-refractivity contribution >= 4 is 11.9 Å². The van der Waals surface area contributed by atoms with E-state index < -0.39 is 6.10 Å². The Morgan fingerprint density at radius 1 is 0.458 bits per heavy atom. The summed E-state index contributed by atoms with van der Waals surface area (Å²) in [5, 5.41) is 9.56. The van der Waals surface area contributed by atoms with Gasteiger partial charge in [0.1, 0.15) is 6.61 Å². The second-order valence-corrected chi connectivity index (χ2v) is 15.3. The van der Waals surface area contributed by atoms with Gasteiger partial charge in [-0.15, -0.1) is 0 Å². The van der Waals surface area contributed by atoms with Crippen LogP contribution in [0.2, 0.25) is 0 Å². The number of ether oxygens (including phenoxy) is 2. The quantitative estimate of drug-likeness (QED) is 0.0517. The van der Waals surface area contributed by atoms with Crippen molar-refractivity contribution in [3.63, 3.8) is 0 Å². The molecule has 0 amide bonds. The molecule has 0 unspecified atom stereocenters. The van der Waals surface area contributed by atoms with Crippen LogP contribution >= 0.6 is 0 Å². The van der Waals surface area contributed by atoms with Gasteiger partial charge in [0.25, 0.3) is 0 Å². The standard InChI is InChI=1S/C43H84O5/c1-4-5-6-7-8-9-10-17-22-25-28-31-34-37-43(46)48-41(38-44)39-47-42(45)36-33-30-27-24-21-19-16-14-12-11-13-15-18-20-23-26-29-32-35-40(2)3/h40-41,44H,4-39H2,1-3H3/t41-/m0/s1. The average Bonchev–Trinajstić information content (AvgIpc) is 3.07. The third kappa shape index (κ3) is 37.7. The fourth-order valence-corrected chi connectivity index (χ4v) is 6.56. The predicted molar refractivity (Wildman–Crippen MR) is 205 cm³/mol. The van der Waals surface area contributed by atoms with Crippen molar-refractivity contribution in [2.24, 2.45) is 5.92 Å². The van der Waals surface area contributed by atoms with Gasteiger partial charge < -0.3 is 14.6 Å². The zero-order valence-electron chi connectivity index (χ0n) is 32.7. The van der Waals surface area contributed by atoms with Crippen LogP contribution in [0.5, 0.6) is 0 Å². The molecule has 0 aromatic heterocycles. The van der Waals surface area contributed by atoms with Crippen molar-refractivity contribution < 1.29 is 24.2 Å². The maximum absolute atomic E-state index is 12.2. The Balaban J connectivity index is 3.45. The maximum Gasteiger partial charge on any atom is 0.306 e. The van der Waals surface area contributed by atoms with Gasteiger partial charge in [0.05, 0.1) is 6.61 Å². The molecule has 0 saturated carbocycles. The average molecular weight is 681 g/mol. The van der Waals surface area contributed by atoms with Gasteiger partial charge in [-0.05, 0) is 18.8 Å². The number of unbranched alkanes of at least 4 members (excludes halogenated alkanes) is 29. The molecule has 0 aromatic rings. The molecule has 0 rings (SSSR count). The van der Waals surface area contributed by atoms with Gasteiger partial charge in [0, 0.05) is 12.8 Å². The summed E-state index contributed by atoms with van der Waals surface area (Å²) in [7, 11) is 0. The van der Waals surface area contributed by atoms with Crippen molar-refractivity contribution in [3.8, 4) is 0 Å². The Kier molecular flexibility index (Phi) is 37.8. The van der Waals surface area contributed by atoms with Crippen LogP contribution in [0, 0.1) is 5.92 Å². The minimum atomic E-state index is -0.762. The molecule has 0 heterocycles. The second-order valence-electron chi connectivity index (χ2n) is 15.3. The van der Waals surface area contributed by atoms with Gasteiger partial charge in [-0.2, -0.15) is 0 Å². The van der Waals surface area contributed by atoms with Gasteiger partial charge in [0.15, 0.2) is 6.10 Å². The Morgan fingerprint density at radius 2 is 0.771 bits per heavy atom. The molecule has 0 aliphatic rings. The first-order chi connectivity index (χ1) is 23.5. The number of esters is 2. The molecule has 0 aliphatic heterocycles. The lowest BCUT2D eigenvalue weighted by molar-refractivity contribution is -0.161. The number of aliphatic hydroxyl groups excluding tert-OH is 1. The summed E-state index contributed by atoms with van der Waals surface area (Å²) in [6.45, 7) is 6.54.